The predicted molar refractivity (Wildman–Crippen MR) is 72.2 cm³/mol. The van der Waals surface area contributed by atoms with Crippen molar-refractivity contribution in [3.8, 4) is 0 Å². The van der Waals surface area contributed by atoms with Crippen molar-refractivity contribution in [1.29, 1.82) is 0 Å². The lowest BCUT2D eigenvalue weighted by atomic mass is 10.0. The number of carbonyl (C=O) groups is 1. The monoisotopic (exact) mass is 250 g/mol. The second kappa shape index (κ2) is 7.71. The van der Waals surface area contributed by atoms with Gasteiger partial charge in [-0.15, -0.1) is 0 Å². The smallest absolute Gasteiger partial charge is 0.404 e. The predicted octanol–water partition coefficient (Wildman–Crippen LogP) is 2.07. The average Bonchev–Trinajstić information content (AvgIpc) is 2.30. The summed E-state index contributed by atoms with van der Waals surface area (Å²) in [5.41, 5.74) is 7.44. The molecule has 0 saturated carbocycles. The molecule has 100 valence electrons. The highest BCUT2D eigenvalue weighted by Crippen LogP contribution is 2.09. The van der Waals surface area contributed by atoms with Gasteiger partial charge in [-0.3, -0.25) is 0 Å². The molecule has 0 aliphatic heterocycles. The summed E-state index contributed by atoms with van der Waals surface area (Å²) >= 11 is 0. The molecular weight excluding hydrogens is 228 g/mol. The summed E-state index contributed by atoms with van der Waals surface area (Å²) in [5, 5.41) is 3.18. The van der Waals surface area contributed by atoms with Gasteiger partial charge in [0.05, 0.1) is 0 Å². The highest BCUT2D eigenvalue weighted by molar-refractivity contribution is 5.64. The SMILES string of the molecule is CC(C)Cc1ccc(CNCCOC(N)=O)cc1. The first-order valence-corrected chi connectivity index (χ1v) is 6.28. The molecule has 3 N–H and O–H groups in total. The van der Waals surface area contributed by atoms with Gasteiger partial charge in [-0.05, 0) is 23.5 Å². The number of carbonyl (C=O) groups excluding carboxylic acids is 1. The van der Waals surface area contributed by atoms with Crippen LogP contribution in [0.2, 0.25) is 0 Å². The van der Waals surface area contributed by atoms with E-state index >= 15 is 0 Å². The maximum atomic E-state index is 10.3. The van der Waals surface area contributed by atoms with Gasteiger partial charge < -0.3 is 15.8 Å². The van der Waals surface area contributed by atoms with Gasteiger partial charge in [-0.25, -0.2) is 4.79 Å². The minimum atomic E-state index is -0.727. The molecule has 0 radical (unpaired) electrons. The highest BCUT2D eigenvalue weighted by atomic mass is 16.5. The maximum absolute atomic E-state index is 10.3. The first-order valence-electron chi connectivity index (χ1n) is 6.28. The van der Waals surface area contributed by atoms with E-state index < -0.39 is 6.09 Å². The summed E-state index contributed by atoms with van der Waals surface area (Å²) in [5.74, 6) is 0.680. The van der Waals surface area contributed by atoms with Crippen LogP contribution in [0.25, 0.3) is 0 Å². The van der Waals surface area contributed by atoms with Gasteiger partial charge >= 0.3 is 6.09 Å². The van der Waals surface area contributed by atoms with Crippen LogP contribution in [-0.2, 0) is 17.7 Å². The Morgan fingerprint density at radius 2 is 1.89 bits per heavy atom. The zero-order valence-corrected chi connectivity index (χ0v) is 11.1. The quantitative estimate of drug-likeness (QED) is 0.728. The number of hydrogen-bond donors (Lipinski definition) is 2. The third-order valence-corrected chi connectivity index (χ3v) is 2.52. The third kappa shape index (κ3) is 6.25. The van der Waals surface area contributed by atoms with Crippen LogP contribution >= 0.6 is 0 Å². The normalized spacial score (nSPS) is 10.6. The van der Waals surface area contributed by atoms with Gasteiger partial charge in [0.15, 0.2) is 0 Å². The Balaban J connectivity index is 2.24. The van der Waals surface area contributed by atoms with Crippen molar-refractivity contribution in [2.45, 2.75) is 26.8 Å². The van der Waals surface area contributed by atoms with E-state index in [-0.39, 0.29) is 0 Å². The number of amides is 1. The second-order valence-electron chi connectivity index (χ2n) is 4.76. The first-order chi connectivity index (χ1) is 8.58. The fourth-order valence-corrected chi connectivity index (χ4v) is 1.72. The zero-order valence-electron chi connectivity index (χ0n) is 11.1. The van der Waals surface area contributed by atoms with Crippen molar-refractivity contribution >= 4 is 6.09 Å². The van der Waals surface area contributed by atoms with Crippen molar-refractivity contribution in [3.63, 3.8) is 0 Å². The lowest BCUT2D eigenvalue weighted by Crippen LogP contribution is -2.23. The van der Waals surface area contributed by atoms with Crippen molar-refractivity contribution in [1.82, 2.24) is 5.32 Å². The molecule has 4 nitrogen and oxygen atoms in total. The summed E-state index contributed by atoms with van der Waals surface area (Å²) < 4.78 is 4.62. The molecule has 4 heteroatoms. The van der Waals surface area contributed by atoms with Crippen molar-refractivity contribution in [3.05, 3.63) is 35.4 Å². The minimum Gasteiger partial charge on any atom is -0.448 e. The third-order valence-electron chi connectivity index (χ3n) is 2.52. The molecule has 0 spiro atoms. The molecule has 0 fully saturated rings. The number of primary amides is 1. The summed E-state index contributed by atoms with van der Waals surface area (Å²) in [6, 6.07) is 8.58. The van der Waals surface area contributed by atoms with E-state index in [1.54, 1.807) is 0 Å². The second-order valence-corrected chi connectivity index (χ2v) is 4.76. The highest BCUT2D eigenvalue weighted by Gasteiger charge is 1.98. The summed E-state index contributed by atoms with van der Waals surface area (Å²) in [7, 11) is 0. The number of ether oxygens (including phenoxy) is 1. The van der Waals surface area contributed by atoms with E-state index in [9.17, 15) is 4.79 Å². The number of nitrogens with one attached hydrogen (secondary N) is 1. The van der Waals surface area contributed by atoms with E-state index in [0.717, 1.165) is 13.0 Å². The molecule has 1 aromatic rings. The lowest BCUT2D eigenvalue weighted by molar-refractivity contribution is 0.157. The zero-order chi connectivity index (χ0) is 13.4. The van der Waals surface area contributed by atoms with E-state index in [2.05, 4.69) is 48.2 Å². The van der Waals surface area contributed by atoms with Crippen LogP contribution in [0.5, 0.6) is 0 Å². The molecule has 0 aliphatic carbocycles. The fraction of sp³-hybridized carbons (Fsp3) is 0.500. The molecule has 0 heterocycles. The maximum Gasteiger partial charge on any atom is 0.404 e. The van der Waals surface area contributed by atoms with Gasteiger partial charge in [-0.1, -0.05) is 38.1 Å². The topological polar surface area (TPSA) is 64.3 Å². The van der Waals surface area contributed by atoms with Crippen molar-refractivity contribution in [2.24, 2.45) is 11.7 Å². The van der Waals surface area contributed by atoms with Gasteiger partial charge in [0, 0.05) is 13.1 Å². The van der Waals surface area contributed by atoms with E-state index in [1.165, 1.54) is 11.1 Å². The molecule has 0 aliphatic rings. The number of nitrogens with two attached hydrogens (primary N) is 1. The fourth-order valence-electron chi connectivity index (χ4n) is 1.72. The Morgan fingerprint density at radius 3 is 2.44 bits per heavy atom. The van der Waals surface area contributed by atoms with Crippen molar-refractivity contribution < 1.29 is 9.53 Å². The first kappa shape index (κ1) is 14.5. The molecule has 0 bridgehead atoms. The molecule has 0 unspecified atom stereocenters. The lowest BCUT2D eigenvalue weighted by Gasteiger charge is -2.07. The van der Waals surface area contributed by atoms with E-state index in [4.69, 9.17) is 5.73 Å². The molecule has 0 atom stereocenters. The summed E-state index contributed by atoms with van der Waals surface area (Å²) in [6.45, 7) is 6.12. The molecule has 1 amide bonds. The van der Waals surface area contributed by atoms with Crippen LogP contribution in [0.4, 0.5) is 4.79 Å². The van der Waals surface area contributed by atoms with E-state index in [0.29, 0.717) is 19.1 Å². The number of hydrogen-bond acceptors (Lipinski definition) is 3. The minimum absolute atomic E-state index is 0.306. The van der Waals surface area contributed by atoms with Crippen molar-refractivity contribution in [2.75, 3.05) is 13.2 Å². The van der Waals surface area contributed by atoms with Crippen LogP contribution in [-0.4, -0.2) is 19.2 Å². The standard InChI is InChI=1S/C14H22N2O2/c1-11(2)9-12-3-5-13(6-4-12)10-16-7-8-18-14(15)17/h3-6,11,16H,7-10H2,1-2H3,(H2,15,17). The Labute approximate surface area is 109 Å². The van der Waals surface area contributed by atoms with Gasteiger partial charge in [0.1, 0.15) is 6.61 Å². The van der Waals surface area contributed by atoms with Crippen LogP contribution in [0, 0.1) is 5.92 Å². The Kier molecular flexibility index (Phi) is 6.22. The molecule has 0 saturated heterocycles. The van der Waals surface area contributed by atoms with Gasteiger partial charge in [0.25, 0.3) is 0 Å². The number of benzene rings is 1. The Hall–Kier alpha value is -1.55. The summed E-state index contributed by atoms with van der Waals surface area (Å²) in [6.07, 6.45) is 0.384. The molecular formula is C14H22N2O2. The molecule has 18 heavy (non-hydrogen) atoms. The Bertz CT molecular complexity index is 361. The van der Waals surface area contributed by atoms with Gasteiger partial charge in [-0.2, -0.15) is 0 Å². The average molecular weight is 250 g/mol. The number of rotatable bonds is 7. The van der Waals surface area contributed by atoms with Crippen LogP contribution in [0.1, 0.15) is 25.0 Å². The van der Waals surface area contributed by atoms with Gasteiger partial charge in [0.2, 0.25) is 0 Å². The molecule has 1 rings (SSSR count). The van der Waals surface area contributed by atoms with Crippen LogP contribution in [0.15, 0.2) is 24.3 Å². The van der Waals surface area contributed by atoms with Crippen LogP contribution in [0.3, 0.4) is 0 Å². The van der Waals surface area contributed by atoms with E-state index in [1.807, 2.05) is 0 Å². The largest absolute Gasteiger partial charge is 0.448 e. The molecule has 1 aromatic carbocycles. The van der Waals surface area contributed by atoms with Crippen LogP contribution < -0.4 is 11.1 Å². The molecule has 0 aromatic heterocycles. The Morgan fingerprint density at radius 1 is 1.28 bits per heavy atom. The summed E-state index contributed by atoms with van der Waals surface area (Å²) in [4.78, 5) is 10.3.